The summed E-state index contributed by atoms with van der Waals surface area (Å²) in [5, 5.41) is 9.94. The van der Waals surface area contributed by atoms with Crippen LogP contribution in [0.2, 0.25) is 5.32 Å². The van der Waals surface area contributed by atoms with Gasteiger partial charge in [0.2, 0.25) is 0 Å². The average molecular weight is 323 g/mol. The van der Waals surface area contributed by atoms with Gasteiger partial charge in [0.15, 0.2) is 0 Å². The van der Waals surface area contributed by atoms with E-state index in [4.69, 9.17) is 0 Å². The molecule has 0 aromatic carbocycles. The SMILES string of the molecule is O=C([O-])CCC[Se]S(=O)(=O)[O-].[K+].[K+]. The first-order valence-electron chi connectivity index (χ1n) is 2.72. The molecule has 0 aliphatic heterocycles. The molecule has 0 fully saturated rings. The predicted molar refractivity (Wildman–Crippen MR) is 34.5 cm³/mol. The Labute approximate surface area is 168 Å². The molecule has 0 bridgehead atoms. The number of aliphatic carboxylic acids is 1. The molecular weight excluding hydrogens is 317 g/mol. The van der Waals surface area contributed by atoms with Crippen LogP contribution >= 0.6 is 0 Å². The van der Waals surface area contributed by atoms with Crippen LogP contribution in [0.3, 0.4) is 0 Å². The maximum atomic E-state index is 9.99. The number of carbonyl (C=O) groups excluding carboxylic acids is 1. The van der Waals surface area contributed by atoms with Gasteiger partial charge < -0.3 is 0 Å². The summed E-state index contributed by atoms with van der Waals surface area (Å²) in [6.45, 7) is 0. The molecule has 0 saturated heterocycles. The zero-order valence-electron chi connectivity index (χ0n) is 7.48. The minimum Gasteiger partial charge on any atom is 1.00 e. The van der Waals surface area contributed by atoms with Crippen molar-refractivity contribution in [3.63, 3.8) is 0 Å². The summed E-state index contributed by atoms with van der Waals surface area (Å²) < 4.78 is 30.0. The van der Waals surface area contributed by atoms with E-state index in [0.717, 1.165) is 0 Å². The molecule has 0 saturated carbocycles. The Kier molecular flexibility index (Phi) is 19.2. The number of carbonyl (C=O) groups is 1. The van der Waals surface area contributed by atoms with Gasteiger partial charge in [-0.25, -0.2) is 0 Å². The van der Waals surface area contributed by atoms with Gasteiger partial charge in [0.25, 0.3) is 0 Å². The van der Waals surface area contributed by atoms with E-state index in [0.29, 0.717) is 0 Å². The third kappa shape index (κ3) is 21.1. The third-order valence-corrected chi connectivity index (χ3v) is 4.68. The summed E-state index contributed by atoms with van der Waals surface area (Å²) in [5.74, 6) is -1.22. The Morgan fingerprint density at radius 2 is 1.77 bits per heavy atom. The maximum absolute atomic E-state index is 9.99. The topological polar surface area (TPSA) is 97.3 Å². The van der Waals surface area contributed by atoms with Gasteiger partial charge in [0.1, 0.15) is 0 Å². The van der Waals surface area contributed by atoms with E-state index in [1.165, 1.54) is 0 Å². The molecule has 0 N–H and O–H groups in total. The van der Waals surface area contributed by atoms with Crippen LogP contribution in [0.25, 0.3) is 0 Å². The van der Waals surface area contributed by atoms with Crippen molar-refractivity contribution in [3.8, 4) is 0 Å². The molecule has 9 heteroatoms. The Morgan fingerprint density at radius 1 is 1.31 bits per heavy atom. The first-order chi connectivity index (χ1) is 4.92. The minimum absolute atomic E-state index is 0. The number of rotatable bonds is 5. The summed E-state index contributed by atoms with van der Waals surface area (Å²) in [6.07, 6.45) is 0.0150. The van der Waals surface area contributed by atoms with Gasteiger partial charge in [-0.3, -0.25) is 0 Å². The van der Waals surface area contributed by atoms with Crippen molar-refractivity contribution < 1.29 is 126 Å². The molecule has 13 heavy (non-hydrogen) atoms. The second-order valence-corrected chi connectivity index (χ2v) is 7.67. The fraction of sp³-hybridized carbons (Fsp3) is 0.750. The van der Waals surface area contributed by atoms with Gasteiger partial charge in [-0.2, -0.15) is 0 Å². The van der Waals surface area contributed by atoms with E-state index < -0.39 is 28.3 Å². The molecule has 0 aromatic heterocycles. The van der Waals surface area contributed by atoms with Gasteiger partial charge in [0.05, 0.1) is 0 Å². The molecule has 0 amide bonds. The van der Waals surface area contributed by atoms with Crippen molar-refractivity contribution in [1.82, 2.24) is 0 Å². The van der Waals surface area contributed by atoms with E-state index in [-0.39, 0.29) is 121 Å². The second kappa shape index (κ2) is 11.7. The molecule has 0 atom stereocenters. The standard InChI is InChI=1S/C4H8O5SSe.2K/c5-4(6)2-1-3-11-10(7,8)9;;/h1-3H2,(H,5,6)(H,7,8,9);;/q;2*+1/p-2. The molecule has 0 aromatic rings. The van der Waals surface area contributed by atoms with E-state index in [1.807, 2.05) is 0 Å². The number of hydrogen-bond acceptors (Lipinski definition) is 5. The van der Waals surface area contributed by atoms with E-state index in [9.17, 15) is 22.9 Å². The van der Waals surface area contributed by atoms with Crippen LogP contribution in [0.1, 0.15) is 12.8 Å². The zero-order valence-corrected chi connectivity index (χ0v) is 16.3. The fourth-order valence-corrected chi connectivity index (χ4v) is 3.03. The van der Waals surface area contributed by atoms with Crippen molar-refractivity contribution in [2.24, 2.45) is 0 Å². The minimum atomic E-state index is -4.12. The van der Waals surface area contributed by atoms with Crippen molar-refractivity contribution in [1.29, 1.82) is 0 Å². The molecule has 0 aliphatic carbocycles. The Hall–Kier alpha value is 3.17. The zero-order chi connectivity index (χ0) is 8.91. The number of carboxylic acids is 1. The Morgan fingerprint density at radius 3 is 2.08 bits per heavy atom. The molecule has 5 nitrogen and oxygen atoms in total. The smallest absolute Gasteiger partial charge is 1.00 e. The van der Waals surface area contributed by atoms with Crippen LogP contribution in [-0.4, -0.2) is 32.8 Å². The summed E-state index contributed by atoms with van der Waals surface area (Å²) in [6, 6.07) is 0. The molecule has 0 spiro atoms. The maximum Gasteiger partial charge on any atom is 1.00 e. The molecule has 0 radical (unpaired) electrons. The van der Waals surface area contributed by atoms with Gasteiger partial charge in [-0.15, -0.1) is 0 Å². The summed E-state index contributed by atoms with van der Waals surface area (Å²) in [7, 11) is -4.12. The van der Waals surface area contributed by atoms with Crippen LogP contribution in [0.5, 0.6) is 0 Å². The van der Waals surface area contributed by atoms with Crippen LogP contribution in [0.15, 0.2) is 0 Å². The summed E-state index contributed by atoms with van der Waals surface area (Å²) >= 11 is -1.03. The van der Waals surface area contributed by atoms with Gasteiger partial charge in [-0.1, -0.05) is 0 Å². The average Bonchev–Trinajstić information content (AvgIpc) is 1.78. The predicted octanol–water partition coefficient (Wildman–Crippen LogP) is -7.89. The molecule has 0 unspecified atom stereocenters. The Balaban J connectivity index is -0.000000500. The molecular formula is C4H6K2O5SSe. The van der Waals surface area contributed by atoms with Gasteiger partial charge in [-0.05, 0) is 0 Å². The van der Waals surface area contributed by atoms with E-state index in [1.54, 1.807) is 0 Å². The largest absolute Gasteiger partial charge is 1.00 e. The first-order valence-corrected chi connectivity index (χ1v) is 7.36. The van der Waals surface area contributed by atoms with E-state index in [2.05, 4.69) is 0 Å². The summed E-state index contributed by atoms with van der Waals surface area (Å²) in [4.78, 5) is 9.79. The molecule has 0 aliphatic rings. The number of hydrogen-bond donors (Lipinski definition) is 0. The van der Waals surface area contributed by atoms with Crippen LogP contribution in [-0.2, 0) is 13.3 Å². The molecule has 0 rings (SSSR count). The van der Waals surface area contributed by atoms with Crippen molar-refractivity contribution in [2.45, 2.75) is 18.2 Å². The Bertz CT molecular complexity index is 229. The van der Waals surface area contributed by atoms with Crippen molar-refractivity contribution in [2.75, 3.05) is 0 Å². The van der Waals surface area contributed by atoms with E-state index >= 15 is 0 Å². The quantitative estimate of drug-likeness (QED) is 0.284. The van der Waals surface area contributed by atoms with Gasteiger partial charge in [0, 0.05) is 0 Å². The van der Waals surface area contributed by atoms with Crippen molar-refractivity contribution in [3.05, 3.63) is 0 Å². The van der Waals surface area contributed by atoms with Crippen LogP contribution in [0, 0.1) is 0 Å². The monoisotopic (exact) mass is 324 g/mol. The molecule has 0 heterocycles. The normalized spacial score (nSPS) is 9.62. The third-order valence-electron chi connectivity index (χ3n) is 0.753. The van der Waals surface area contributed by atoms with Crippen molar-refractivity contribution >= 4 is 28.3 Å². The van der Waals surface area contributed by atoms with Crippen LogP contribution in [0.4, 0.5) is 0 Å². The fourth-order valence-electron chi connectivity index (χ4n) is 0.377. The number of carboxylic acid groups (broad SMARTS) is 1. The van der Waals surface area contributed by atoms with Crippen LogP contribution < -0.4 is 108 Å². The molecule has 66 valence electrons. The van der Waals surface area contributed by atoms with Gasteiger partial charge >= 0.3 is 172 Å². The second-order valence-electron chi connectivity index (χ2n) is 1.71. The summed E-state index contributed by atoms with van der Waals surface area (Å²) in [5.41, 5.74) is 0. The first kappa shape index (κ1) is 21.5.